The third-order valence-electron chi connectivity index (χ3n) is 2.10. The first-order valence-electron chi connectivity index (χ1n) is 5.82. The van der Waals surface area contributed by atoms with E-state index in [4.69, 9.17) is 25.7 Å². The van der Waals surface area contributed by atoms with Crippen molar-refractivity contribution in [3.05, 3.63) is 29.8 Å². The molecule has 98 valence electrons. The fourth-order valence-corrected chi connectivity index (χ4v) is 1.28. The standard InChI is InChI=1S/C14H18O4/c1-2-13-4-3-5-14(12-13)18-11-10-17-9-8-16-7-6-15/h1,3-5,12,15H,6-11H2. The lowest BCUT2D eigenvalue weighted by Crippen LogP contribution is -2.11. The van der Waals surface area contributed by atoms with Crippen molar-refractivity contribution in [2.75, 3.05) is 39.6 Å². The largest absolute Gasteiger partial charge is 0.491 e. The van der Waals surface area contributed by atoms with Gasteiger partial charge in [-0.05, 0) is 18.2 Å². The van der Waals surface area contributed by atoms with Gasteiger partial charge in [-0.25, -0.2) is 0 Å². The van der Waals surface area contributed by atoms with Crippen LogP contribution >= 0.6 is 0 Å². The maximum Gasteiger partial charge on any atom is 0.120 e. The Labute approximate surface area is 107 Å². The molecule has 0 heterocycles. The van der Waals surface area contributed by atoms with E-state index in [1.54, 1.807) is 0 Å². The van der Waals surface area contributed by atoms with Crippen LogP contribution in [0.3, 0.4) is 0 Å². The molecule has 0 atom stereocenters. The van der Waals surface area contributed by atoms with E-state index in [9.17, 15) is 0 Å². The Morgan fingerprint density at radius 1 is 1.06 bits per heavy atom. The lowest BCUT2D eigenvalue weighted by atomic mass is 10.2. The molecule has 4 nitrogen and oxygen atoms in total. The number of rotatable bonds is 9. The monoisotopic (exact) mass is 250 g/mol. The van der Waals surface area contributed by atoms with Gasteiger partial charge in [0.1, 0.15) is 12.4 Å². The van der Waals surface area contributed by atoms with Crippen molar-refractivity contribution in [3.8, 4) is 18.1 Å². The van der Waals surface area contributed by atoms with Gasteiger partial charge in [0.05, 0.1) is 33.0 Å². The van der Waals surface area contributed by atoms with E-state index in [1.807, 2.05) is 24.3 Å². The highest BCUT2D eigenvalue weighted by atomic mass is 16.5. The van der Waals surface area contributed by atoms with E-state index >= 15 is 0 Å². The lowest BCUT2D eigenvalue weighted by molar-refractivity contribution is 0.0247. The van der Waals surface area contributed by atoms with Crippen molar-refractivity contribution < 1.29 is 19.3 Å². The van der Waals surface area contributed by atoms with E-state index < -0.39 is 0 Å². The first-order chi connectivity index (χ1) is 8.86. The van der Waals surface area contributed by atoms with Gasteiger partial charge < -0.3 is 19.3 Å². The molecule has 0 aliphatic carbocycles. The number of hydrogen-bond acceptors (Lipinski definition) is 4. The van der Waals surface area contributed by atoms with Crippen LogP contribution in [0.2, 0.25) is 0 Å². The average molecular weight is 250 g/mol. The minimum atomic E-state index is 0.0363. The first kappa shape index (κ1) is 14.5. The summed E-state index contributed by atoms with van der Waals surface area (Å²) >= 11 is 0. The summed E-state index contributed by atoms with van der Waals surface area (Å²) < 4.78 is 15.8. The molecule has 18 heavy (non-hydrogen) atoms. The summed E-state index contributed by atoms with van der Waals surface area (Å²) in [4.78, 5) is 0. The van der Waals surface area contributed by atoms with Gasteiger partial charge in [-0.15, -0.1) is 6.42 Å². The smallest absolute Gasteiger partial charge is 0.120 e. The van der Waals surface area contributed by atoms with Crippen LogP contribution in [0.1, 0.15) is 5.56 Å². The second-order valence-electron chi connectivity index (χ2n) is 3.47. The zero-order valence-electron chi connectivity index (χ0n) is 10.3. The zero-order chi connectivity index (χ0) is 13.1. The zero-order valence-corrected chi connectivity index (χ0v) is 10.3. The Morgan fingerprint density at radius 2 is 1.78 bits per heavy atom. The average Bonchev–Trinajstić information content (AvgIpc) is 2.42. The lowest BCUT2D eigenvalue weighted by Gasteiger charge is -2.07. The van der Waals surface area contributed by atoms with Gasteiger partial charge in [0, 0.05) is 5.56 Å². The molecule has 0 unspecified atom stereocenters. The van der Waals surface area contributed by atoms with Crippen molar-refractivity contribution in [3.63, 3.8) is 0 Å². The van der Waals surface area contributed by atoms with Crippen LogP contribution in [0.15, 0.2) is 24.3 Å². The minimum absolute atomic E-state index is 0.0363. The van der Waals surface area contributed by atoms with Crippen LogP contribution in [0.25, 0.3) is 0 Å². The molecule has 0 aromatic heterocycles. The molecular formula is C14H18O4. The van der Waals surface area contributed by atoms with Crippen molar-refractivity contribution in [1.82, 2.24) is 0 Å². The van der Waals surface area contributed by atoms with Crippen molar-refractivity contribution >= 4 is 0 Å². The number of terminal acetylenes is 1. The summed E-state index contributed by atoms with van der Waals surface area (Å²) in [5.74, 6) is 3.29. The Morgan fingerprint density at radius 3 is 2.50 bits per heavy atom. The first-order valence-corrected chi connectivity index (χ1v) is 5.82. The molecule has 4 heteroatoms. The van der Waals surface area contributed by atoms with Crippen LogP contribution in [0, 0.1) is 12.3 Å². The maximum absolute atomic E-state index is 8.48. The topological polar surface area (TPSA) is 47.9 Å². The molecule has 1 aromatic rings. The van der Waals surface area contributed by atoms with Crippen LogP contribution in [0.5, 0.6) is 5.75 Å². The number of aliphatic hydroxyl groups excluding tert-OH is 1. The fraction of sp³-hybridized carbons (Fsp3) is 0.429. The van der Waals surface area contributed by atoms with E-state index in [1.165, 1.54) is 0 Å². The molecule has 1 N–H and O–H groups in total. The summed E-state index contributed by atoms with van der Waals surface area (Å²) in [6.07, 6.45) is 5.29. The molecule has 1 rings (SSSR count). The van der Waals surface area contributed by atoms with E-state index in [0.29, 0.717) is 33.0 Å². The molecule has 1 aromatic carbocycles. The van der Waals surface area contributed by atoms with Gasteiger partial charge in [-0.2, -0.15) is 0 Å². The second kappa shape index (κ2) is 9.49. The van der Waals surface area contributed by atoms with Gasteiger partial charge in [0.15, 0.2) is 0 Å². The normalized spacial score (nSPS) is 10.0. The predicted molar refractivity (Wildman–Crippen MR) is 68.6 cm³/mol. The van der Waals surface area contributed by atoms with Crippen LogP contribution < -0.4 is 4.74 Å². The molecule has 0 aliphatic heterocycles. The quantitative estimate of drug-likeness (QED) is 0.526. The van der Waals surface area contributed by atoms with E-state index in [-0.39, 0.29) is 6.61 Å². The minimum Gasteiger partial charge on any atom is -0.491 e. The Hall–Kier alpha value is -1.54. The fourth-order valence-electron chi connectivity index (χ4n) is 1.28. The van der Waals surface area contributed by atoms with Gasteiger partial charge in [0.25, 0.3) is 0 Å². The summed E-state index contributed by atoms with van der Waals surface area (Å²) in [5.41, 5.74) is 0.797. The van der Waals surface area contributed by atoms with Gasteiger partial charge >= 0.3 is 0 Å². The third-order valence-corrected chi connectivity index (χ3v) is 2.10. The summed E-state index contributed by atoms with van der Waals surface area (Å²) in [5, 5.41) is 8.48. The van der Waals surface area contributed by atoms with Crippen LogP contribution in [-0.4, -0.2) is 44.7 Å². The number of aliphatic hydroxyl groups is 1. The summed E-state index contributed by atoms with van der Waals surface area (Å²) in [6.45, 7) is 2.31. The second-order valence-corrected chi connectivity index (χ2v) is 3.47. The van der Waals surface area contributed by atoms with Gasteiger partial charge in [-0.3, -0.25) is 0 Å². The highest BCUT2D eigenvalue weighted by Gasteiger charge is 1.95. The molecule has 0 aliphatic rings. The maximum atomic E-state index is 8.48. The molecule has 0 radical (unpaired) electrons. The van der Waals surface area contributed by atoms with Crippen molar-refractivity contribution in [1.29, 1.82) is 0 Å². The van der Waals surface area contributed by atoms with E-state index in [2.05, 4.69) is 5.92 Å². The highest BCUT2D eigenvalue weighted by molar-refractivity contribution is 5.38. The van der Waals surface area contributed by atoms with Crippen molar-refractivity contribution in [2.45, 2.75) is 0 Å². The van der Waals surface area contributed by atoms with E-state index in [0.717, 1.165) is 11.3 Å². The van der Waals surface area contributed by atoms with Gasteiger partial charge in [0.2, 0.25) is 0 Å². The Kier molecular flexibility index (Phi) is 7.65. The number of hydrogen-bond donors (Lipinski definition) is 1. The molecular weight excluding hydrogens is 232 g/mol. The molecule has 0 saturated carbocycles. The number of benzene rings is 1. The number of ether oxygens (including phenoxy) is 3. The highest BCUT2D eigenvalue weighted by Crippen LogP contribution is 2.12. The SMILES string of the molecule is C#Cc1cccc(OCCOCCOCCO)c1. The Bertz CT molecular complexity index is 370. The molecule has 0 bridgehead atoms. The van der Waals surface area contributed by atoms with Crippen molar-refractivity contribution in [2.24, 2.45) is 0 Å². The van der Waals surface area contributed by atoms with Gasteiger partial charge in [-0.1, -0.05) is 12.0 Å². The molecule has 0 spiro atoms. The summed E-state index contributed by atoms with van der Waals surface area (Å²) in [7, 11) is 0. The van der Waals surface area contributed by atoms with Crippen LogP contribution in [0.4, 0.5) is 0 Å². The summed E-state index contributed by atoms with van der Waals surface area (Å²) in [6, 6.07) is 7.37. The molecule has 0 fully saturated rings. The Balaban J connectivity index is 2.05. The predicted octanol–water partition coefficient (Wildman–Crippen LogP) is 1.07. The third kappa shape index (κ3) is 6.26. The van der Waals surface area contributed by atoms with Crippen LogP contribution in [-0.2, 0) is 9.47 Å². The molecule has 0 amide bonds. The molecule has 0 saturated heterocycles.